The molecule has 0 aliphatic rings. The maximum absolute atomic E-state index is 12.6. The van der Waals surface area contributed by atoms with Crippen LogP contribution in [0.4, 0.5) is 0 Å². The van der Waals surface area contributed by atoms with Gasteiger partial charge in [0.05, 0.1) is 30.5 Å². The van der Waals surface area contributed by atoms with Crippen LogP contribution in [0.3, 0.4) is 0 Å². The summed E-state index contributed by atoms with van der Waals surface area (Å²) in [6, 6.07) is 22.1. The average molecular weight is 586 g/mol. The first kappa shape index (κ1) is 29.0. The highest BCUT2D eigenvalue weighted by Gasteiger charge is 2.21. The van der Waals surface area contributed by atoms with Gasteiger partial charge in [0.25, 0.3) is 0 Å². The number of halogens is 1. The molecule has 3 aromatic carbocycles. The van der Waals surface area contributed by atoms with E-state index >= 15 is 0 Å². The lowest BCUT2D eigenvalue weighted by molar-refractivity contribution is 0.414. The summed E-state index contributed by atoms with van der Waals surface area (Å²) in [4.78, 5) is 5.28. The molecule has 4 aromatic rings. The highest BCUT2D eigenvalue weighted by atomic mass is 35.5. The van der Waals surface area contributed by atoms with Crippen LogP contribution in [0.1, 0.15) is 19.8 Å². The molecule has 0 aliphatic heterocycles. The van der Waals surface area contributed by atoms with Crippen molar-refractivity contribution in [3.63, 3.8) is 0 Å². The molecule has 0 saturated carbocycles. The van der Waals surface area contributed by atoms with Gasteiger partial charge in [-0.25, -0.2) is 18.1 Å². The number of imidazole rings is 1. The van der Waals surface area contributed by atoms with E-state index in [4.69, 9.17) is 26.1 Å². The average Bonchev–Trinajstić information content (AvgIpc) is 3.31. The third-order valence-corrected chi connectivity index (χ3v) is 8.87. The van der Waals surface area contributed by atoms with Crippen LogP contribution in [0.15, 0.2) is 82.8 Å². The van der Waals surface area contributed by atoms with Gasteiger partial charge >= 0.3 is 0 Å². The molecule has 206 valence electrons. The molecule has 0 spiro atoms. The lowest BCUT2D eigenvalue weighted by Crippen LogP contribution is -2.25. The van der Waals surface area contributed by atoms with Gasteiger partial charge < -0.3 is 14.0 Å². The van der Waals surface area contributed by atoms with Crippen LogP contribution in [0.25, 0.3) is 22.5 Å². The SMILES string of the molecule is CCCn1c(SCCCNS(=O)(=O)c2ccc(Cl)cc2)nc(-c2ccc(OC)cc2)c1-c1ccc(OC)cc1. The Morgan fingerprint density at radius 3 is 2.05 bits per heavy atom. The largest absolute Gasteiger partial charge is 0.497 e. The van der Waals surface area contributed by atoms with Crippen molar-refractivity contribution in [2.24, 2.45) is 0 Å². The summed E-state index contributed by atoms with van der Waals surface area (Å²) >= 11 is 7.51. The molecule has 0 radical (unpaired) electrons. The Hall–Kier alpha value is -2.98. The van der Waals surface area contributed by atoms with Gasteiger partial charge in [-0.15, -0.1) is 0 Å². The Labute approximate surface area is 239 Å². The minimum absolute atomic E-state index is 0.200. The summed E-state index contributed by atoms with van der Waals surface area (Å²) in [6.45, 7) is 3.27. The fourth-order valence-electron chi connectivity index (χ4n) is 4.10. The van der Waals surface area contributed by atoms with Gasteiger partial charge in [-0.2, -0.15) is 0 Å². The zero-order valence-electron chi connectivity index (χ0n) is 22.2. The molecule has 0 fully saturated rings. The van der Waals surface area contributed by atoms with Gasteiger partial charge in [0.1, 0.15) is 11.5 Å². The second-order valence-corrected chi connectivity index (χ2v) is 12.0. The van der Waals surface area contributed by atoms with Gasteiger partial charge in [0, 0.05) is 35.0 Å². The van der Waals surface area contributed by atoms with E-state index in [1.165, 1.54) is 12.1 Å². The van der Waals surface area contributed by atoms with Crippen molar-refractivity contribution in [3.05, 3.63) is 77.8 Å². The molecule has 39 heavy (non-hydrogen) atoms. The monoisotopic (exact) mass is 585 g/mol. The number of ether oxygens (including phenoxy) is 2. The topological polar surface area (TPSA) is 82.5 Å². The maximum Gasteiger partial charge on any atom is 0.240 e. The first-order valence-corrected chi connectivity index (χ1v) is 15.5. The number of hydrogen-bond donors (Lipinski definition) is 1. The number of nitrogens with zero attached hydrogens (tertiary/aromatic N) is 2. The Morgan fingerprint density at radius 2 is 1.49 bits per heavy atom. The molecule has 1 N–H and O–H groups in total. The number of benzene rings is 3. The molecule has 1 heterocycles. The minimum atomic E-state index is -3.58. The summed E-state index contributed by atoms with van der Waals surface area (Å²) in [7, 11) is -0.277. The van der Waals surface area contributed by atoms with Crippen LogP contribution in [0.5, 0.6) is 11.5 Å². The highest BCUT2D eigenvalue weighted by molar-refractivity contribution is 7.99. The molecule has 4 rings (SSSR count). The Morgan fingerprint density at radius 1 is 0.897 bits per heavy atom. The van der Waals surface area contributed by atoms with Crippen LogP contribution >= 0.6 is 23.4 Å². The van der Waals surface area contributed by atoms with Crippen LogP contribution in [-0.2, 0) is 16.6 Å². The highest BCUT2D eigenvalue weighted by Crippen LogP contribution is 2.37. The molecule has 7 nitrogen and oxygen atoms in total. The molecule has 0 unspecified atom stereocenters. The zero-order valence-corrected chi connectivity index (χ0v) is 24.6. The zero-order chi connectivity index (χ0) is 27.8. The van der Waals surface area contributed by atoms with E-state index in [1.807, 2.05) is 36.4 Å². The molecule has 0 bridgehead atoms. The predicted octanol–water partition coefficient (Wildman–Crippen LogP) is 6.76. The molecule has 0 saturated heterocycles. The van der Waals surface area contributed by atoms with Crippen molar-refractivity contribution < 1.29 is 17.9 Å². The third kappa shape index (κ3) is 7.16. The first-order chi connectivity index (χ1) is 18.9. The van der Waals surface area contributed by atoms with E-state index in [9.17, 15) is 8.42 Å². The molecule has 0 aliphatic carbocycles. The first-order valence-electron chi connectivity index (χ1n) is 12.6. The van der Waals surface area contributed by atoms with Gasteiger partial charge in [-0.1, -0.05) is 30.3 Å². The number of methoxy groups -OCH3 is 2. The fraction of sp³-hybridized carbons (Fsp3) is 0.276. The van der Waals surface area contributed by atoms with E-state index in [2.05, 4.69) is 28.3 Å². The molecule has 1 aromatic heterocycles. The Kier molecular flexibility index (Phi) is 9.96. The Bertz CT molecular complexity index is 1470. The third-order valence-electron chi connectivity index (χ3n) is 6.07. The quantitative estimate of drug-likeness (QED) is 0.138. The van der Waals surface area contributed by atoms with Gasteiger partial charge in [0.2, 0.25) is 10.0 Å². The number of hydrogen-bond acceptors (Lipinski definition) is 6. The number of rotatable bonds is 13. The van der Waals surface area contributed by atoms with Crippen molar-refractivity contribution in [2.45, 2.75) is 36.4 Å². The summed E-state index contributed by atoms with van der Waals surface area (Å²) in [5, 5.41) is 1.39. The fourth-order valence-corrected chi connectivity index (χ4v) is 6.27. The van der Waals surface area contributed by atoms with Gasteiger partial charge in [0.15, 0.2) is 5.16 Å². The number of aromatic nitrogens is 2. The lowest BCUT2D eigenvalue weighted by atomic mass is 10.0. The van der Waals surface area contributed by atoms with Crippen molar-refractivity contribution >= 4 is 33.4 Å². The normalized spacial score (nSPS) is 11.5. The van der Waals surface area contributed by atoms with Crippen LogP contribution < -0.4 is 14.2 Å². The van der Waals surface area contributed by atoms with Gasteiger partial charge in [-0.3, -0.25) is 0 Å². The minimum Gasteiger partial charge on any atom is -0.497 e. The van der Waals surface area contributed by atoms with E-state index < -0.39 is 10.0 Å². The molecular weight excluding hydrogens is 554 g/mol. The van der Waals surface area contributed by atoms with Crippen LogP contribution in [-0.4, -0.2) is 44.5 Å². The van der Waals surface area contributed by atoms with E-state index in [-0.39, 0.29) is 4.90 Å². The van der Waals surface area contributed by atoms with Crippen molar-refractivity contribution in [2.75, 3.05) is 26.5 Å². The van der Waals surface area contributed by atoms with Crippen molar-refractivity contribution in [1.29, 1.82) is 0 Å². The number of sulfonamides is 1. The van der Waals surface area contributed by atoms with Crippen LogP contribution in [0.2, 0.25) is 5.02 Å². The summed E-state index contributed by atoms with van der Waals surface area (Å²) < 4.78 is 40.8. The standard InChI is InChI=1S/C29H32ClN3O4S2/c1-4-19-33-28(22-8-14-25(37-3)15-9-22)27(21-6-12-24(36-2)13-7-21)32-29(33)38-20-5-18-31-39(34,35)26-16-10-23(30)11-17-26/h6-17,31H,4-5,18-20H2,1-3H3. The molecule has 0 amide bonds. The van der Waals surface area contributed by atoms with Crippen molar-refractivity contribution in [1.82, 2.24) is 14.3 Å². The smallest absolute Gasteiger partial charge is 0.240 e. The maximum atomic E-state index is 12.6. The lowest BCUT2D eigenvalue weighted by Gasteiger charge is -2.13. The number of thioether (sulfide) groups is 1. The Balaban J connectivity index is 1.56. The summed E-state index contributed by atoms with van der Waals surface area (Å²) in [6.07, 6.45) is 1.59. The molecule has 0 atom stereocenters. The van der Waals surface area contributed by atoms with Crippen molar-refractivity contribution in [3.8, 4) is 34.0 Å². The van der Waals surface area contributed by atoms with Gasteiger partial charge in [-0.05, 0) is 85.6 Å². The van der Waals surface area contributed by atoms with Crippen LogP contribution in [0, 0.1) is 0 Å². The predicted molar refractivity (Wildman–Crippen MR) is 158 cm³/mol. The van der Waals surface area contributed by atoms with E-state index in [0.717, 1.165) is 52.1 Å². The second kappa shape index (κ2) is 13.4. The summed E-state index contributed by atoms with van der Waals surface area (Å²) in [5.74, 6) is 2.28. The molecular formula is C29H32ClN3O4S2. The molecule has 10 heteroatoms. The van der Waals surface area contributed by atoms with E-state index in [1.54, 1.807) is 38.1 Å². The van der Waals surface area contributed by atoms with E-state index in [0.29, 0.717) is 23.7 Å². The second-order valence-electron chi connectivity index (χ2n) is 8.75. The summed E-state index contributed by atoms with van der Waals surface area (Å²) in [5.41, 5.74) is 3.97. The number of nitrogens with one attached hydrogen (secondary N) is 1.